The lowest BCUT2D eigenvalue weighted by Crippen LogP contribution is -2.51. The second kappa shape index (κ2) is 6.27. The summed E-state index contributed by atoms with van der Waals surface area (Å²) < 4.78 is 4.66. The summed E-state index contributed by atoms with van der Waals surface area (Å²) >= 11 is 0. The monoisotopic (exact) mass is 277 g/mol. The number of amides is 3. The van der Waals surface area contributed by atoms with E-state index in [1.807, 2.05) is 31.2 Å². The molecule has 0 spiro atoms. The van der Waals surface area contributed by atoms with Crippen molar-refractivity contribution in [1.29, 1.82) is 0 Å². The van der Waals surface area contributed by atoms with E-state index in [0.29, 0.717) is 26.2 Å². The fourth-order valence-electron chi connectivity index (χ4n) is 2.15. The molecule has 6 heteroatoms. The Balaban J connectivity index is 1.87. The topological polar surface area (TPSA) is 61.9 Å². The summed E-state index contributed by atoms with van der Waals surface area (Å²) in [4.78, 5) is 26.8. The van der Waals surface area contributed by atoms with Crippen molar-refractivity contribution in [3.05, 3.63) is 29.8 Å². The molecule has 1 heterocycles. The van der Waals surface area contributed by atoms with Gasteiger partial charge in [-0.15, -0.1) is 0 Å². The molecule has 0 bridgehead atoms. The summed E-state index contributed by atoms with van der Waals surface area (Å²) in [5.41, 5.74) is 1.88. The van der Waals surface area contributed by atoms with Crippen LogP contribution in [0.25, 0.3) is 0 Å². The van der Waals surface area contributed by atoms with Gasteiger partial charge in [0.25, 0.3) is 0 Å². The zero-order chi connectivity index (χ0) is 14.5. The summed E-state index contributed by atoms with van der Waals surface area (Å²) in [6.07, 6.45) is -0.344. The van der Waals surface area contributed by atoms with Crippen LogP contribution in [0.5, 0.6) is 0 Å². The smallest absolute Gasteiger partial charge is 0.409 e. The molecule has 1 aromatic carbocycles. The van der Waals surface area contributed by atoms with Gasteiger partial charge in [0.2, 0.25) is 0 Å². The van der Waals surface area contributed by atoms with E-state index in [9.17, 15) is 9.59 Å². The van der Waals surface area contributed by atoms with E-state index in [0.717, 1.165) is 11.3 Å². The first-order valence-electron chi connectivity index (χ1n) is 6.55. The van der Waals surface area contributed by atoms with Crippen molar-refractivity contribution < 1.29 is 14.3 Å². The average molecular weight is 277 g/mol. The highest BCUT2D eigenvalue weighted by Crippen LogP contribution is 2.11. The summed E-state index contributed by atoms with van der Waals surface area (Å²) in [5, 5.41) is 2.86. The van der Waals surface area contributed by atoms with Gasteiger partial charge < -0.3 is 19.9 Å². The van der Waals surface area contributed by atoms with Crippen molar-refractivity contribution in [2.24, 2.45) is 0 Å². The summed E-state index contributed by atoms with van der Waals surface area (Å²) in [6, 6.07) is 7.52. The molecule has 2 rings (SSSR count). The highest BCUT2D eigenvalue weighted by Gasteiger charge is 2.24. The number of carbonyl (C=O) groups is 2. The van der Waals surface area contributed by atoms with E-state index in [1.165, 1.54) is 7.11 Å². The van der Waals surface area contributed by atoms with Crippen LogP contribution < -0.4 is 5.32 Å². The quantitative estimate of drug-likeness (QED) is 0.853. The number of urea groups is 1. The number of nitrogens with zero attached hydrogens (tertiary/aromatic N) is 2. The molecule has 0 saturated carbocycles. The van der Waals surface area contributed by atoms with E-state index in [2.05, 4.69) is 10.1 Å². The number of hydrogen-bond acceptors (Lipinski definition) is 3. The van der Waals surface area contributed by atoms with Crippen LogP contribution in [-0.4, -0.2) is 55.2 Å². The van der Waals surface area contributed by atoms with Gasteiger partial charge in [0.15, 0.2) is 0 Å². The molecule has 0 aliphatic carbocycles. The molecule has 0 radical (unpaired) electrons. The minimum atomic E-state index is -0.344. The Labute approximate surface area is 118 Å². The fourth-order valence-corrected chi connectivity index (χ4v) is 2.15. The SMILES string of the molecule is COC(=O)N1CCN(C(=O)Nc2cccc(C)c2)CC1. The summed E-state index contributed by atoms with van der Waals surface area (Å²) in [7, 11) is 1.36. The zero-order valence-corrected chi connectivity index (χ0v) is 11.8. The predicted octanol–water partition coefficient (Wildman–Crippen LogP) is 1.91. The Morgan fingerprint density at radius 2 is 1.80 bits per heavy atom. The van der Waals surface area contributed by atoms with Gasteiger partial charge in [-0.05, 0) is 24.6 Å². The van der Waals surface area contributed by atoms with E-state index in [1.54, 1.807) is 9.80 Å². The first-order chi connectivity index (χ1) is 9.60. The van der Waals surface area contributed by atoms with Crippen LogP contribution in [0.3, 0.4) is 0 Å². The summed E-state index contributed by atoms with van der Waals surface area (Å²) in [5.74, 6) is 0. The first-order valence-corrected chi connectivity index (χ1v) is 6.55. The molecule has 6 nitrogen and oxygen atoms in total. The van der Waals surface area contributed by atoms with E-state index >= 15 is 0 Å². The van der Waals surface area contributed by atoms with Gasteiger partial charge in [-0.3, -0.25) is 0 Å². The predicted molar refractivity (Wildman–Crippen MR) is 75.7 cm³/mol. The second-order valence-electron chi connectivity index (χ2n) is 4.74. The van der Waals surface area contributed by atoms with Crippen LogP contribution in [-0.2, 0) is 4.74 Å². The minimum Gasteiger partial charge on any atom is -0.453 e. The molecule has 1 N–H and O–H groups in total. The van der Waals surface area contributed by atoms with Gasteiger partial charge in [-0.25, -0.2) is 9.59 Å². The highest BCUT2D eigenvalue weighted by atomic mass is 16.5. The van der Waals surface area contributed by atoms with Crippen LogP contribution in [0.2, 0.25) is 0 Å². The number of methoxy groups -OCH3 is 1. The standard InChI is InChI=1S/C14H19N3O3/c1-11-4-3-5-12(10-11)15-13(18)16-6-8-17(9-7-16)14(19)20-2/h3-5,10H,6-9H2,1-2H3,(H,15,18). The van der Waals surface area contributed by atoms with E-state index in [4.69, 9.17) is 0 Å². The molecule has 1 aliphatic heterocycles. The molecule has 108 valence electrons. The van der Waals surface area contributed by atoms with Crippen molar-refractivity contribution in [2.45, 2.75) is 6.92 Å². The maximum atomic E-state index is 12.1. The molecular weight excluding hydrogens is 258 g/mol. The Hall–Kier alpha value is -2.24. The number of nitrogens with one attached hydrogen (secondary N) is 1. The third-order valence-corrected chi connectivity index (χ3v) is 3.27. The largest absolute Gasteiger partial charge is 0.453 e. The van der Waals surface area contributed by atoms with Gasteiger partial charge >= 0.3 is 12.1 Å². The Morgan fingerprint density at radius 1 is 1.15 bits per heavy atom. The van der Waals surface area contributed by atoms with E-state index in [-0.39, 0.29) is 12.1 Å². The van der Waals surface area contributed by atoms with Crippen molar-refractivity contribution in [3.8, 4) is 0 Å². The third kappa shape index (κ3) is 3.40. The molecule has 0 aromatic heterocycles. The van der Waals surface area contributed by atoms with Crippen molar-refractivity contribution in [1.82, 2.24) is 9.80 Å². The molecule has 3 amide bonds. The number of piperazine rings is 1. The highest BCUT2D eigenvalue weighted by molar-refractivity contribution is 5.89. The van der Waals surface area contributed by atoms with E-state index < -0.39 is 0 Å². The van der Waals surface area contributed by atoms with Crippen LogP contribution in [0.1, 0.15) is 5.56 Å². The maximum absolute atomic E-state index is 12.1. The van der Waals surface area contributed by atoms with Gasteiger partial charge in [0.1, 0.15) is 0 Å². The van der Waals surface area contributed by atoms with Crippen LogP contribution in [0.15, 0.2) is 24.3 Å². The van der Waals surface area contributed by atoms with Gasteiger partial charge in [0.05, 0.1) is 7.11 Å². The van der Waals surface area contributed by atoms with Gasteiger partial charge in [-0.2, -0.15) is 0 Å². The second-order valence-corrected chi connectivity index (χ2v) is 4.74. The van der Waals surface area contributed by atoms with Crippen molar-refractivity contribution in [3.63, 3.8) is 0 Å². The maximum Gasteiger partial charge on any atom is 0.409 e. The number of ether oxygens (including phenoxy) is 1. The minimum absolute atomic E-state index is 0.139. The zero-order valence-electron chi connectivity index (χ0n) is 11.8. The number of rotatable bonds is 1. The van der Waals surface area contributed by atoms with Crippen LogP contribution in [0, 0.1) is 6.92 Å². The van der Waals surface area contributed by atoms with Crippen LogP contribution in [0.4, 0.5) is 15.3 Å². The number of benzene rings is 1. The first kappa shape index (κ1) is 14.2. The third-order valence-electron chi connectivity index (χ3n) is 3.27. The van der Waals surface area contributed by atoms with Gasteiger partial charge in [-0.1, -0.05) is 12.1 Å². The van der Waals surface area contributed by atoms with Gasteiger partial charge in [0, 0.05) is 31.9 Å². The number of carbonyl (C=O) groups excluding carboxylic acids is 2. The molecule has 1 aromatic rings. The molecule has 1 saturated heterocycles. The Bertz CT molecular complexity index is 496. The molecule has 0 atom stereocenters. The number of aryl methyl sites for hydroxylation is 1. The lowest BCUT2D eigenvalue weighted by Gasteiger charge is -2.33. The van der Waals surface area contributed by atoms with Crippen LogP contribution >= 0.6 is 0 Å². The lowest BCUT2D eigenvalue weighted by molar-refractivity contribution is 0.0992. The Kier molecular flexibility index (Phi) is 4.45. The fraction of sp³-hybridized carbons (Fsp3) is 0.429. The summed E-state index contributed by atoms with van der Waals surface area (Å²) in [6.45, 7) is 3.98. The normalized spacial score (nSPS) is 14.9. The number of anilines is 1. The molecule has 0 unspecified atom stereocenters. The molecule has 1 aliphatic rings. The van der Waals surface area contributed by atoms with Crippen molar-refractivity contribution >= 4 is 17.8 Å². The molecule has 20 heavy (non-hydrogen) atoms. The number of hydrogen-bond donors (Lipinski definition) is 1. The van der Waals surface area contributed by atoms with Crippen molar-refractivity contribution in [2.75, 3.05) is 38.6 Å². The Morgan fingerprint density at radius 3 is 2.40 bits per heavy atom. The average Bonchev–Trinajstić information content (AvgIpc) is 2.46. The molecular formula is C14H19N3O3. The molecule has 1 fully saturated rings. The lowest BCUT2D eigenvalue weighted by atomic mass is 10.2.